The van der Waals surface area contributed by atoms with E-state index >= 15 is 0 Å². The molecule has 116 valence electrons. The van der Waals surface area contributed by atoms with Crippen LogP contribution in [0.5, 0.6) is 0 Å². The lowest BCUT2D eigenvalue weighted by atomic mass is 10.1. The molecule has 1 amide bonds. The molecule has 2 aromatic heterocycles. The molecule has 1 aliphatic rings. The molecule has 4 rings (SSSR count). The monoisotopic (exact) mass is 306 g/mol. The lowest BCUT2D eigenvalue weighted by Crippen LogP contribution is -2.26. The zero-order valence-electron chi connectivity index (χ0n) is 12.8. The van der Waals surface area contributed by atoms with Crippen LogP contribution in [-0.2, 0) is 6.42 Å². The number of benzene rings is 1. The van der Waals surface area contributed by atoms with Crippen LogP contribution in [0.25, 0.3) is 5.65 Å². The Morgan fingerprint density at radius 2 is 1.96 bits per heavy atom. The summed E-state index contributed by atoms with van der Waals surface area (Å²) in [7, 11) is 0. The maximum Gasteiger partial charge on any atom is 0.252 e. The summed E-state index contributed by atoms with van der Waals surface area (Å²) in [4.78, 5) is 12.3. The van der Waals surface area contributed by atoms with Gasteiger partial charge in [0.25, 0.3) is 5.91 Å². The van der Waals surface area contributed by atoms with Crippen LogP contribution in [0.3, 0.4) is 0 Å². The molecule has 0 spiro atoms. The van der Waals surface area contributed by atoms with Crippen LogP contribution in [-0.4, -0.2) is 27.0 Å². The number of nitrogens with zero attached hydrogens (tertiary/aromatic N) is 3. The zero-order chi connectivity index (χ0) is 15.6. The second-order valence-corrected chi connectivity index (χ2v) is 5.97. The molecule has 1 aliphatic carbocycles. The van der Waals surface area contributed by atoms with E-state index in [-0.39, 0.29) is 5.91 Å². The third-order valence-electron chi connectivity index (χ3n) is 4.18. The maximum absolute atomic E-state index is 12.3. The van der Waals surface area contributed by atoms with Crippen molar-refractivity contribution >= 4 is 11.6 Å². The topological polar surface area (TPSA) is 59.3 Å². The molecule has 5 heteroatoms. The first-order valence-electron chi connectivity index (χ1n) is 7.98. The third-order valence-corrected chi connectivity index (χ3v) is 4.18. The number of hydrogen-bond acceptors (Lipinski definition) is 3. The van der Waals surface area contributed by atoms with Gasteiger partial charge in [-0.15, -0.1) is 10.2 Å². The third kappa shape index (κ3) is 2.95. The van der Waals surface area contributed by atoms with E-state index in [9.17, 15) is 4.79 Å². The first-order valence-corrected chi connectivity index (χ1v) is 7.98. The van der Waals surface area contributed by atoms with Gasteiger partial charge in [0.05, 0.1) is 5.56 Å². The predicted molar refractivity (Wildman–Crippen MR) is 87.4 cm³/mol. The van der Waals surface area contributed by atoms with Crippen molar-refractivity contribution in [3.8, 4) is 0 Å². The molecular formula is C18H18N4O. The Balaban J connectivity index is 1.45. The number of carbonyl (C=O) groups is 1. The average molecular weight is 306 g/mol. The molecular weight excluding hydrogens is 288 g/mol. The average Bonchev–Trinajstić information content (AvgIpc) is 3.34. The van der Waals surface area contributed by atoms with Gasteiger partial charge in [0.2, 0.25) is 0 Å². The van der Waals surface area contributed by atoms with Gasteiger partial charge in [-0.3, -0.25) is 9.20 Å². The molecule has 1 N–H and O–H groups in total. The Hall–Kier alpha value is -2.69. The molecule has 1 saturated carbocycles. The smallest absolute Gasteiger partial charge is 0.252 e. The minimum atomic E-state index is -0.0571. The molecule has 0 unspecified atom stereocenters. The number of rotatable bonds is 5. The van der Waals surface area contributed by atoms with Crippen LogP contribution in [0.1, 0.15) is 40.5 Å². The molecule has 0 saturated heterocycles. The van der Waals surface area contributed by atoms with Crippen molar-refractivity contribution < 1.29 is 4.79 Å². The number of carbonyl (C=O) groups excluding carboxylic acids is 1. The molecule has 1 aromatic carbocycles. The number of amides is 1. The van der Waals surface area contributed by atoms with E-state index in [1.807, 2.05) is 34.9 Å². The van der Waals surface area contributed by atoms with Crippen LogP contribution in [0.4, 0.5) is 0 Å². The van der Waals surface area contributed by atoms with E-state index in [1.165, 1.54) is 5.56 Å². The summed E-state index contributed by atoms with van der Waals surface area (Å²) in [5.41, 5.74) is 2.66. The van der Waals surface area contributed by atoms with E-state index in [1.54, 1.807) is 6.07 Å². The van der Waals surface area contributed by atoms with Crippen LogP contribution in [0.2, 0.25) is 0 Å². The van der Waals surface area contributed by atoms with Crippen molar-refractivity contribution in [1.29, 1.82) is 0 Å². The van der Waals surface area contributed by atoms with E-state index in [0.29, 0.717) is 18.0 Å². The van der Waals surface area contributed by atoms with Gasteiger partial charge in [0, 0.05) is 18.7 Å². The van der Waals surface area contributed by atoms with Gasteiger partial charge in [-0.25, -0.2) is 0 Å². The Morgan fingerprint density at radius 3 is 2.74 bits per heavy atom. The summed E-state index contributed by atoms with van der Waals surface area (Å²) in [6, 6.07) is 13.8. The van der Waals surface area contributed by atoms with Gasteiger partial charge in [-0.05, 0) is 37.0 Å². The summed E-state index contributed by atoms with van der Waals surface area (Å²) in [5.74, 6) is 1.42. The van der Waals surface area contributed by atoms with Crippen LogP contribution in [0.15, 0.2) is 48.7 Å². The molecule has 3 aromatic rings. The van der Waals surface area contributed by atoms with E-state index < -0.39 is 0 Å². The fourth-order valence-electron chi connectivity index (χ4n) is 2.73. The number of aromatic nitrogens is 3. The summed E-state index contributed by atoms with van der Waals surface area (Å²) in [6.07, 6.45) is 5.00. The van der Waals surface area contributed by atoms with Crippen LogP contribution in [0, 0.1) is 0 Å². The Bertz CT molecular complexity index is 837. The Labute approximate surface area is 134 Å². The molecule has 1 fully saturated rings. The lowest BCUT2D eigenvalue weighted by Gasteiger charge is -2.06. The summed E-state index contributed by atoms with van der Waals surface area (Å²) < 4.78 is 1.95. The van der Waals surface area contributed by atoms with Gasteiger partial charge >= 0.3 is 0 Å². The summed E-state index contributed by atoms with van der Waals surface area (Å²) >= 11 is 0. The molecule has 5 nitrogen and oxygen atoms in total. The predicted octanol–water partition coefficient (Wildman–Crippen LogP) is 2.58. The highest BCUT2D eigenvalue weighted by Crippen LogP contribution is 2.38. The second-order valence-electron chi connectivity index (χ2n) is 5.97. The van der Waals surface area contributed by atoms with E-state index in [0.717, 1.165) is 30.7 Å². The minimum Gasteiger partial charge on any atom is -0.352 e. The highest BCUT2D eigenvalue weighted by Gasteiger charge is 2.28. The normalized spacial score (nSPS) is 14.1. The number of fused-ring (bicyclic) bond motifs is 1. The molecule has 0 radical (unpaired) electrons. The van der Waals surface area contributed by atoms with Crippen molar-refractivity contribution in [2.75, 3.05) is 6.54 Å². The maximum atomic E-state index is 12.3. The standard InChI is InChI=1S/C18H18N4O/c23-18(19-11-10-13-4-2-1-3-5-13)15-8-9-16-20-21-17(14-6-7-14)22(16)12-15/h1-5,8-9,12,14H,6-7,10-11H2,(H,19,23). The second kappa shape index (κ2) is 5.83. The molecule has 0 bridgehead atoms. The van der Waals surface area contributed by atoms with Crippen molar-refractivity contribution in [2.45, 2.75) is 25.2 Å². The largest absolute Gasteiger partial charge is 0.352 e. The SMILES string of the molecule is O=C(NCCc1ccccc1)c1ccc2nnc(C3CC3)n2c1. The molecule has 23 heavy (non-hydrogen) atoms. The van der Waals surface area contributed by atoms with Gasteiger partial charge in [0.1, 0.15) is 5.82 Å². The fourth-order valence-corrected chi connectivity index (χ4v) is 2.73. The quantitative estimate of drug-likeness (QED) is 0.788. The van der Waals surface area contributed by atoms with Gasteiger partial charge in [-0.2, -0.15) is 0 Å². The van der Waals surface area contributed by atoms with Gasteiger partial charge < -0.3 is 5.32 Å². The van der Waals surface area contributed by atoms with Crippen LogP contribution < -0.4 is 5.32 Å². The van der Waals surface area contributed by atoms with Crippen molar-refractivity contribution in [2.24, 2.45) is 0 Å². The van der Waals surface area contributed by atoms with Crippen LogP contribution >= 0.6 is 0 Å². The number of nitrogens with one attached hydrogen (secondary N) is 1. The van der Waals surface area contributed by atoms with Gasteiger partial charge in [0.15, 0.2) is 5.65 Å². The van der Waals surface area contributed by atoms with Gasteiger partial charge in [-0.1, -0.05) is 30.3 Å². The van der Waals surface area contributed by atoms with Crippen molar-refractivity contribution in [1.82, 2.24) is 19.9 Å². The fraction of sp³-hybridized carbons (Fsp3) is 0.278. The van der Waals surface area contributed by atoms with Crippen molar-refractivity contribution in [3.05, 3.63) is 65.6 Å². The Morgan fingerprint density at radius 1 is 1.13 bits per heavy atom. The lowest BCUT2D eigenvalue weighted by molar-refractivity contribution is 0.0953. The molecule has 0 aliphatic heterocycles. The number of hydrogen-bond donors (Lipinski definition) is 1. The highest BCUT2D eigenvalue weighted by molar-refractivity contribution is 5.94. The summed E-state index contributed by atoms with van der Waals surface area (Å²) in [5, 5.41) is 11.4. The highest BCUT2D eigenvalue weighted by atomic mass is 16.1. The zero-order valence-corrected chi connectivity index (χ0v) is 12.8. The Kier molecular flexibility index (Phi) is 3.54. The molecule has 0 atom stereocenters. The minimum absolute atomic E-state index is 0.0571. The van der Waals surface area contributed by atoms with E-state index in [4.69, 9.17) is 0 Å². The van der Waals surface area contributed by atoms with E-state index in [2.05, 4.69) is 27.6 Å². The first kappa shape index (κ1) is 13.9. The number of pyridine rings is 1. The molecule has 2 heterocycles. The van der Waals surface area contributed by atoms with Crippen molar-refractivity contribution in [3.63, 3.8) is 0 Å². The summed E-state index contributed by atoms with van der Waals surface area (Å²) in [6.45, 7) is 0.624. The first-order chi connectivity index (χ1) is 11.3.